The van der Waals surface area contributed by atoms with E-state index in [2.05, 4.69) is 37.4 Å². The number of hydrogen-bond acceptors (Lipinski definition) is 8. The zero-order valence-electron chi connectivity index (χ0n) is 21.3. The van der Waals surface area contributed by atoms with E-state index in [0.717, 1.165) is 5.56 Å². The lowest BCUT2D eigenvalue weighted by Gasteiger charge is -2.23. The Balaban J connectivity index is 1.47. The van der Waals surface area contributed by atoms with E-state index in [1.165, 1.54) is 7.05 Å². The number of carbonyl (C=O) groups excluding carboxylic acids is 1. The maximum atomic E-state index is 12.6. The first-order valence-electron chi connectivity index (χ1n) is 12.8. The molecule has 0 radical (unpaired) electrons. The summed E-state index contributed by atoms with van der Waals surface area (Å²) < 4.78 is 1.70. The number of aromatic nitrogens is 4. The molecule has 3 aromatic rings. The fourth-order valence-electron chi connectivity index (χ4n) is 5.56. The molecule has 2 aliphatic carbocycles. The van der Waals surface area contributed by atoms with Crippen LogP contribution in [0.2, 0.25) is 5.02 Å². The van der Waals surface area contributed by atoms with Gasteiger partial charge in [-0.15, -0.1) is 0 Å². The summed E-state index contributed by atoms with van der Waals surface area (Å²) in [4.78, 5) is 37.0. The lowest BCUT2D eigenvalue weighted by Crippen LogP contribution is -2.41. The number of rotatable bonds is 9. The number of unbranched alkanes of at least 4 members (excludes halogenated alkanes) is 2. The molecule has 0 aliphatic heterocycles. The van der Waals surface area contributed by atoms with Gasteiger partial charge in [0.15, 0.2) is 17.0 Å². The highest BCUT2D eigenvalue weighted by Gasteiger charge is 2.75. The molecule has 2 aliphatic rings. The number of nitrogens with one attached hydrogen (secondary N) is 2. The first-order chi connectivity index (χ1) is 18.8. The topological polar surface area (TPSA) is 162 Å². The molecule has 2 heterocycles. The lowest BCUT2D eigenvalue weighted by molar-refractivity contribution is -0.137. The number of nitrogens with zero attached hydrogens (tertiary/aromatic N) is 4. The maximum Gasteiger partial charge on any atom is 0.303 e. The third-order valence-electron chi connectivity index (χ3n) is 7.56. The van der Waals surface area contributed by atoms with E-state index in [1.54, 1.807) is 17.0 Å². The van der Waals surface area contributed by atoms with Crippen molar-refractivity contribution in [2.75, 3.05) is 12.4 Å². The summed E-state index contributed by atoms with van der Waals surface area (Å²) in [5.41, 5.74) is 0.783. The minimum Gasteiger partial charge on any atom is -0.481 e. The van der Waals surface area contributed by atoms with Gasteiger partial charge in [0.2, 0.25) is 11.7 Å². The summed E-state index contributed by atoms with van der Waals surface area (Å²) in [7, 11) is 1.52. The van der Waals surface area contributed by atoms with Gasteiger partial charge in [-0.05, 0) is 42.9 Å². The number of aliphatic carboxylic acids is 1. The summed E-state index contributed by atoms with van der Waals surface area (Å²) in [6.45, 7) is 0.411. The highest BCUT2D eigenvalue weighted by atomic mass is 35.5. The summed E-state index contributed by atoms with van der Waals surface area (Å²) in [5, 5.41) is 37.1. The molecule has 0 spiro atoms. The molecule has 5 rings (SSSR count). The average Bonchev–Trinajstić information content (AvgIpc) is 3.45. The van der Waals surface area contributed by atoms with E-state index in [4.69, 9.17) is 16.7 Å². The second kappa shape index (κ2) is 10.8. The number of carboxylic acid groups (broad SMARTS) is 1. The maximum absolute atomic E-state index is 12.6. The van der Waals surface area contributed by atoms with Gasteiger partial charge in [0.1, 0.15) is 6.10 Å². The highest BCUT2D eigenvalue weighted by Crippen LogP contribution is 2.67. The van der Waals surface area contributed by atoms with Crippen LogP contribution < -0.4 is 10.6 Å². The van der Waals surface area contributed by atoms with Crippen molar-refractivity contribution in [1.82, 2.24) is 24.8 Å². The monoisotopic (exact) mass is 552 g/mol. The minimum absolute atomic E-state index is 0.0924. The first kappa shape index (κ1) is 26.9. The number of amides is 1. The molecule has 204 valence electrons. The van der Waals surface area contributed by atoms with Crippen LogP contribution in [0.15, 0.2) is 30.6 Å². The molecule has 12 heteroatoms. The predicted octanol–water partition coefficient (Wildman–Crippen LogP) is 2.12. The van der Waals surface area contributed by atoms with Crippen molar-refractivity contribution < 1.29 is 24.9 Å². The van der Waals surface area contributed by atoms with Gasteiger partial charge < -0.3 is 30.5 Å². The molecule has 1 amide bonds. The van der Waals surface area contributed by atoms with Crippen molar-refractivity contribution in [2.24, 2.45) is 11.3 Å². The van der Waals surface area contributed by atoms with Crippen molar-refractivity contribution in [3.8, 4) is 11.8 Å². The average molecular weight is 553 g/mol. The van der Waals surface area contributed by atoms with Crippen LogP contribution in [0.25, 0.3) is 11.2 Å². The molecule has 0 unspecified atom stereocenters. The molecule has 1 aromatic carbocycles. The lowest BCUT2D eigenvalue weighted by atomic mass is 9.98. The summed E-state index contributed by atoms with van der Waals surface area (Å²) in [6, 6.07) is 6.81. The Bertz CT molecular complexity index is 1480. The number of aliphatic hydroxyl groups is 2. The molecule has 0 saturated heterocycles. The van der Waals surface area contributed by atoms with E-state index in [1.807, 2.05) is 18.2 Å². The summed E-state index contributed by atoms with van der Waals surface area (Å²) in [6.07, 6.45) is 1.35. The molecular weight excluding hydrogens is 524 g/mol. The van der Waals surface area contributed by atoms with Crippen LogP contribution in [0.3, 0.4) is 0 Å². The molecular formula is C27H29ClN6O5. The predicted molar refractivity (Wildman–Crippen MR) is 143 cm³/mol. The summed E-state index contributed by atoms with van der Waals surface area (Å²) in [5.74, 6) is 5.23. The van der Waals surface area contributed by atoms with E-state index >= 15 is 0 Å². The number of imidazole rings is 1. The largest absolute Gasteiger partial charge is 0.481 e. The van der Waals surface area contributed by atoms with Crippen LogP contribution in [0.5, 0.6) is 0 Å². The van der Waals surface area contributed by atoms with Crippen molar-refractivity contribution >= 4 is 40.5 Å². The van der Waals surface area contributed by atoms with Crippen molar-refractivity contribution in [2.45, 2.75) is 56.9 Å². The molecule has 2 saturated carbocycles. The number of halogens is 1. The standard InChI is InChI=1S/C27H29ClN6O5/c1-29-26(39)27-12-17(27)21(22(37)23(27)38)34-14-31-20-24(30-13-15-7-6-8-16(28)11-15)32-18(33-25(20)34)9-4-2-3-5-10-19(35)36/h6-8,11,14,17,21-23,37-38H,2-3,5,10,12-13H2,1H3,(H,29,39)(H,35,36)(H,30,32,33)/t17-,21-,22+,23+,27+/m1/s1. The van der Waals surface area contributed by atoms with Crippen LogP contribution >= 0.6 is 11.6 Å². The van der Waals surface area contributed by atoms with Gasteiger partial charge in [0, 0.05) is 37.4 Å². The molecule has 5 atom stereocenters. The summed E-state index contributed by atoms with van der Waals surface area (Å²) >= 11 is 6.13. The number of aliphatic hydroxyl groups excluding tert-OH is 2. The third kappa shape index (κ3) is 5.03. The van der Waals surface area contributed by atoms with Crippen LogP contribution in [0.1, 0.15) is 49.5 Å². The van der Waals surface area contributed by atoms with Gasteiger partial charge in [0.25, 0.3) is 0 Å². The molecule has 5 N–H and O–H groups in total. The number of fused-ring (bicyclic) bond motifs is 2. The van der Waals surface area contributed by atoms with Crippen molar-refractivity contribution in [1.29, 1.82) is 0 Å². The quantitative estimate of drug-likeness (QED) is 0.198. The fourth-order valence-corrected chi connectivity index (χ4v) is 5.78. The molecule has 2 aromatic heterocycles. The van der Waals surface area contributed by atoms with Crippen LogP contribution in [0, 0.1) is 23.2 Å². The molecule has 2 fully saturated rings. The Morgan fingerprint density at radius 2 is 2.08 bits per heavy atom. The van der Waals surface area contributed by atoms with Gasteiger partial charge >= 0.3 is 5.97 Å². The number of hydrogen-bond donors (Lipinski definition) is 5. The van der Waals surface area contributed by atoms with Crippen molar-refractivity contribution in [3.63, 3.8) is 0 Å². The molecule has 0 bridgehead atoms. The number of carboxylic acids is 1. The van der Waals surface area contributed by atoms with Gasteiger partial charge in [-0.2, -0.15) is 0 Å². The van der Waals surface area contributed by atoms with E-state index in [0.29, 0.717) is 54.2 Å². The first-order valence-corrected chi connectivity index (χ1v) is 13.2. The Labute approximate surface area is 229 Å². The zero-order valence-corrected chi connectivity index (χ0v) is 22.0. The Morgan fingerprint density at radius 1 is 1.26 bits per heavy atom. The Kier molecular flexibility index (Phi) is 7.44. The Hall–Kier alpha value is -3.72. The number of benzene rings is 1. The van der Waals surface area contributed by atoms with Crippen molar-refractivity contribution in [3.05, 3.63) is 47.0 Å². The van der Waals surface area contributed by atoms with Gasteiger partial charge in [-0.3, -0.25) is 9.59 Å². The SMILES string of the molecule is CNC(=O)[C@@]12C[C@@H]1[C@@H](n1cnc3c(NCc4cccc(Cl)c4)nc(C#CCCCCC(=O)O)nc31)[C@H](O)[C@@H]2O. The van der Waals surface area contributed by atoms with Gasteiger partial charge in [0.05, 0.1) is 23.9 Å². The van der Waals surface area contributed by atoms with E-state index < -0.39 is 29.6 Å². The smallest absolute Gasteiger partial charge is 0.303 e. The third-order valence-corrected chi connectivity index (χ3v) is 7.79. The van der Waals surface area contributed by atoms with Gasteiger partial charge in [-0.25, -0.2) is 15.0 Å². The zero-order chi connectivity index (χ0) is 27.7. The van der Waals surface area contributed by atoms with Gasteiger partial charge in [-0.1, -0.05) is 29.7 Å². The van der Waals surface area contributed by atoms with Crippen LogP contribution in [0.4, 0.5) is 5.82 Å². The van der Waals surface area contributed by atoms with E-state index in [9.17, 15) is 19.8 Å². The van der Waals surface area contributed by atoms with Crippen LogP contribution in [-0.2, 0) is 16.1 Å². The number of carbonyl (C=O) groups is 2. The molecule has 39 heavy (non-hydrogen) atoms. The van der Waals surface area contributed by atoms with Crippen LogP contribution in [-0.4, -0.2) is 66.0 Å². The highest BCUT2D eigenvalue weighted by molar-refractivity contribution is 6.30. The van der Waals surface area contributed by atoms with E-state index in [-0.39, 0.29) is 24.1 Å². The second-order valence-electron chi connectivity index (χ2n) is 9.96. The normalized spacial score (nSPS) is 25.0. The Morgan fingerprint density at radius 3 is 2.82 bits per heavy atom. The minimum atomic E-state index is -1.21. The fraction of sp³-hybridized carbons (Fsp3) is 0.444. The number of anilines is 1. The molecule has 11 nitrogen and oxygen atoms in total. The second-order valence-corrected chi connectivity index (χ2v) is 10.4.